The summed E-state index contributed by atoms with van der Waals surface area (Å²) in [6, 6.07) is 15.8. The fraction of sp³-hybridized carbons (Fsp3) is 0.263. The van der Waals surface area contributed by atoms with Crippen molar-refractivity contribution < 1.29 is 4.79 Å². The minimum Gasteiger partial charge on any atom is -0.325 e. The lowest BCUT2D eigenvalue weighted by atomic mass is 10.1. The molecule has 0 radical (unpaired) electrons. The molecule has 0 saturated heterocycles. The fourth-order valence-corrected chi connectivity index (χ4v) is 3.19. The summed E-state index contributed by atoms with van der Waals surface area (Å²) in [5, 5.41) is 15.0. The van der Waals surface area contributed by atoms with E-state index in [0.717, 1.165) is 23.4 Å². The smallest absolute Gasteiger partial charge is 0.237 e. The third-order valence-electron chi connectivity index (χ3n) is 4.00. The molecule has 1 amide bonds. The molecule has 26 heavy (non-hydrogen) atoms. The minimum absolute atomic E-state index is 0.0855. The second-order valence-corrected chi connectivity index (χ2v) is 7.32. The molecule has 0 aliphatic heterocycles. The Kier molecular flexibility index (Phi) is 5.68. The minimum atomic E-state index is -0.337. The number of anilines is 1. The van der Waals surface area contributed by atoms with Crippen molar-refractivity contribution in [3.63, 3.8) is 0 Å². The largest absolute Gasteiger partial charge is 0.325 e. The van der Waals surface area contributed by atoms with Gasteiger partial charge in [-0.05, 0) is 60.5 Å². The number of benzene rings is 2. The summed E-state index contributed by atoms with van der Waals surface area (Å²) in [6.45, 7) is 5.97. The van der Waals surface area contributed by atoms with Gasteiger partial charge in [-0.15, -0.1) is 5.10 Å². The van der Waals surface area contributed by atoms with E-state index in [1.807, 2.05) is 62.4 Å². The zero-order valence-electron chi connectivity index (χ0n) is 15.0. The lowest BCUT2D eigenvalue weighted by molar-refractivity contribution is -0.115. The molecule has 1 heterocycles. The monoisotopic (exact) mass is 367 g/mol. The Balaban J connectivity index is 1.67. The summed E-state index contributed by atoms with van der Waals surface area (Å²) in [7, 11) is 0. The van der Waals surface area contributed by atoms with Crippen LogP contribution < -0.4 is 5.32 Å². The molecule has 7 heteroatoms. The van der Waals surface area contributed by atoms with Gasteiger partial charge in [0.15, 0.2) is 0 Å². The standard InChI is InChI=1S/C19H21N5OS/c1-4-15-7-9-16(10-8-15)20-18(25)14(3)26-19-21-22-23-24(19)17-11-5-13(2)6-12-17/h5-12,14H,4H2,1-3H3,(H,20,25). The molecule has 0 aliphatic carbocycles. The van der Waals surface area contributed by atoms with Crippen molar-refractivity contribution in [2.45, 2.75) is 37.6 Å². The Labute approximate surface area is 157 Å². The molecule has 1 N–H and O–H groups in total. The molecule has 0 saturated carbocycles. The first kappa shape index (κ1) is 18.1. The molecule has 0 aliphatic rings. The van der Waals surface area contributed by atoms with Gasteiger partial charge in [-0.1, -0.05) is 48.5 Å². The highest BCUT2D eigenvalue weighted by Crippen LogP contribution is 2.24. The summed E-state index contributed by atoms with van der Waals surface area (Å²) in [6.07, 6.45) is 0.974. The van der Waals surface area contributed by atoms with Crippen LogP contribution in [0.25, 0.3) is 5.69 Å². The van der Waals surface area contributed by atoms with Crippen LogP contribution in [0.15, 0.2) is 53.7 Å². The first-order valence-electron chi connectivity index (χ1n) is 8.48. The molecule has 1 unspecified atom stereocenters. The highest BCUT2D eigenvalue weighted by atomic mass is 32.2. The number of aromatic nitrogens is 4. The number of hydrogen-bond donors (Lipinski definition) is 1. The van der Waals surface area contributed by atoms with E-state index in [0.29, 0.717) is 5.16 Å². The molecule has 0 bridgehead atoms. The molecule has 1 aromatic heterocycles. The molecule has 3 rings (SSSR count). The number of tetrazole rings is 1. The summed E-state index contributed by atoms with van der Waals surface area (Å²) in [5.41, 5.74) is 4.06. The normalized spacial score (nSPS) is 12.0. The summed E-state index contributed by atoms with van der Waals surface area (Å²) in [5.74, 6) is -0.0855. The predicted octanol–water partition coefficient (Wildman–Crippen LogP) is 3.65. The Bertz CT molecular complexity index is 874. The van der Waals surface area contributed by atoms with Gasteiger partial charge in [0.25, 0.3) is 0 Å². The fourth-order valence-electron chi connectivity index (χ4n) is 2.38. The first-order chi connectivity index (χ1) is 12.6. The maximum absolute atomic E-state index is 12.5. The Morgan fingerprint density at radius 1 is 1.15 bits per heavy atom. The molecular weight excluding hydrogens is 346 g/mol. The third-order valence-corrected chi connectivity index (χ3v) is 5.03. The lowest BCUT2D eigenvalue weighted by Gasteiger charge is -2.12. The SMILES string of the molecule is CCc1ccc(NC(=O)C(C)Sc2nnnn2-c2ccc(C)cc2)cc1. The van der Waals surface area contributed by atoms with Gasteiger partial charge in [-0.3, -0.25) is 4.79 Å². The zero-order chi connectivity index (χ0) is 18.5. The Morgan fingerprint density at radius 2 is 1.85 bits per heavy atom. The second-order valence-electron chi connectivity index (χ2n) is 6.01. The van der Waals surface area contributed by atoms with E-state index in [2.05, 4.69) is 27.8 Å². The summed E-state index contributed by atoms with van der Waals surface area (Å²) < 4.78 is 1.64. The number of nitrogens with one attached hydrogen (secondary N) is 1. The molecule has 6 nitrogen and oxygen atoms in total. The van der Waals surface area contributed by atoms with Crippen molar-refractivity contribution in [1.82, 2.24) is 20.2 Å². The molecule has 0 fully saturated rings. The summed E-state index contributed by atoms with van der Waals surface area (Å²) >= 11 is 1.33. The van der Waals surface area contributed by atoms with E-state index in [9.17, 15) is 4.79 Å². The molecule has 0 spiro atoms. The maximum atomic E-state index is 12.5. The van der Waals surface area contributed by atoms with Crippen molar-refractivity contribution in [2.24, 2.45) is 0 Å². The third kappa shape index (κ3) is 4.29. The highest BCUT2D eigenvalue weighted by Gasteiger charge is 2.19. The van der Waals surface area contributed by atoms with E-state index in [1.54, 1.807) is 4.68 Å². The van der Waals surface area contributed by atoms with Gasteiger partial charge in [0.1, 0.15) is 0 Å². The van der Waals surface area contributed by atoms with E-state index in [4.69, 9.17) is 0 Å². The van der Waals surface area contributed by atoms with E-state index in [-0.39, 0.29) is 11.2 Å². The van der Waals surface area contributed by atoms with Crippen LogP contribution in [0.4, 0.5) is 5.69 Å². The first-order valence-corrected chi connectivity index (χ1v) is 9.36. The van der Waals surface area contributed by atoms with Gasteiger partial charge in [-0.25, -0.2) is 0 Å². The van der Waals surface area contributed by atoms with E-state index < -0.39 is 0 Å². The van der Waals surface area contributed by atoms with Crippen molar-refractivity contribution in [3.05, 3.63) is 59.7 Å². The zero-order valence-corrected chi connectivity index (χ0v) is 15.8. The molecule has 134 valence electrons. The van der Waals surface area contributed by atoms with Gasteiger partial charge in [0.2, 0.25) is 11.1 Å². The number of hydrogen-bond acceptors (Lipinski definition) is 5. The van der Waals surface area contributed by atoms with Crippen LogP contribution in [0.2, 0.25) is 0 Å². The molecule has 2 aromatic carbocycles. The van der Waals surface area contributed by atoms with Crippen molar-refractivity contribution in [3.8, 4) is 5.69 Å². The number of aryl methyl sites for hydroxylation is 2. The van der Waals surface area contributed by atoms with Gasteiger partial charge in [0, 0.05) is 5.69 Å². The number of carbonyl (C=O) groups is 1. The van der Waals surface area contributed by atoms with Crippen LogP contribution in [-0.2, 0) is 11.2 Å². The average molecular weight is 367 g/mol. The Hall–Kier alpha value is -2.67. The van der Waals surface area contributed by atoms with Gasteiger partial charge >= 0.3 is 0 Å². The number of thioether (sulfide) groups is 1. The van der Waals surface area contributed by atoms with Crippen LogP contribution in [0.5, 0.6) is 0 Å². The van der Waals surface area contributed by atoms with Gasteiger partial charge < -0.3 is 5.32 Å². The maximum Gasteiger partial charge on any atom is 0.237 e. The van der Waals surface area contributed by atoms with Crippen molar-refractivity contribution in [2.75, 3.05) is 5.32 Å². The highest BCUT2D eigenvalue weighted by molar-refractivity contribution is 8.00. The molecule has 3 aromatic rings. The quantitative estimate of drug-likeness (QED) is 0.673. The van der Waals surface area contributed by atoms with Crippen molar-refractivity contribution >= 4 is 23.4 Å². The second kappa shape index (κ2) is 8.14. The Morgan fingerprint density at radius 3 is 2.50 bits per heavy atom. The van der Waals surface area contributed by atoms with E-state index >= 15 is 0 Å². The van der Waals surface area contributed by atoms with Crippen LogP contribution >= 0.6 is 11.8 Å². The van der Waals surface area contributed by atoms with Crippen LogP contribution in [0, 0.1) is 6.92 Å². The van der Waals surface area contributed by atoms with E-state index in [1.165, 1.54) is 17.3 Å². The van der Waals surface area contributed by atoms with Crippen molar-refractivity contribution in [1.29, 1.82) is 0 Å². The predicted molar refractivity (Wildman–Crippen MR) is 104 cm³/mol. The van der Waals surface area contributed by atoms with Crippen LogP contribution in [-0.4, -0.2) is 31.4 Å². The topological polar surface area (TPSA) is 72.7 Å². The van der Waals surface area contributed by atoms with Gasteiger partial charge in [-0.2, -0.15) is 4.68 Å². The summed E-state index contributed by atoms with van der Waals surface area (Å²) in [4.78, 5) is 12.5. The molecular formula is C19H21N5OS. The number of nitrogens with zero attached hydrogens (tertiary/aromatic N) is 4. The average Bonchev–Trinajstić information content (AvgIpc) is 3.11. The number of amides is 1. The van der Waals surface area contributed by atoms with Crippen LogP contribution in [0.3, 0.4) is 0 Å². The number of rotatable bonds is 6. The lowest BCUT2D eigenvalue weighted by Crippen LogP contribution is -2.22. The van der Waals surface area contributed by atoms with Gasteiger partial charge in [0.05, 0.1) is 10.9 Å². The number of carbonyl (C=O) groups excluding carboxylic acids is 1. The van der Waals surface area contributed by atoms with Crippen LogP contribution in [0.1, 0.15) is 25.0 Å². The molecule has 1 atom stereocenters.